The molecule has 1 atom stereocenters. The third-order valence-electron chi connectivity index (χ3n) is 2.90. The molecule has 0 bridgehead atoms. The topological polar surface area (TPSA) is 51.2 Å². The minimum Gasteiger partial charge on any atom is -0.293 e. The lowest BCUT2D eigenvalue weighted by Gasteiger charge is -2.22. The maximum Gasteiger partial charge on any atom is 0.321 e. The van der Waals surface area contributed by atoms with Gasteiger partial charge in [-0.25, -0.2) is 8.42 Å². The predicted molar refractivity (Wildman–Crippen MR) is 68.0 cm³/mol. The number of halogens is 2. The Balaban J connectivity index is 3.12. The molecule has 0 amide bonds. The second kappa shape index (κ2) is 5.77. The maximum atomic E-state index is 13.9. The molecule has 0 fully saturated rings. The molecule has 0 aliphatic heterocycles. The van der Waals surface area contributed by atoms with Gasteiger partial charge in [-0.05, 0) is 25.5 Å². The van der Waals surface area contributed by atoms with Crippen molar-refractivity contribution in [3.05, 3.63) is 30.3 Å². The number of carbonyl (C=O) groups is 1. The van der Waals surface area contributed by atoms with Crippen molar-refractivity contribution in [3.8, 4) is 0 Å². The smallest absolute Gasteiger partial charge is 0.293 e. The Morgan fingerprint density at radius 2 is 1.79 bits per heavy atom. The summed E-state index contributed by atoms with van der Waals surface area (Å²) in [6, 6.07) is 6.97. The maximum absolute atomic E-state index is 13.9. The van der Waals surface area contributed by atoms with Crippen molar-refractivity contribution in [1.29, 1.82) is 0 Å². The van der Waals surface area contributed by atoms with Crippen molar-refractivity contribution in [2.75, 3.05) is 0 Å². The third-order valence-corrected chi connectivity index (χ3v) is 5.05. The molecule has 0 radical (unpaired) electrons. The first-order valence-electron chi connectivity index (χ1n) is 5.94. The Labute approximate surface area is 111 Å². The van der Waals surface area contributed by atoms with Crippen LogP contribution in [0.1, 0.15) is 26.7 Å². The van der Waals surface area contributed by atoms with Crippen LogP contribution in [0, 0.1) is 0 Å². The summed E-state index contributed by atoms with van der Waals surface area (Å²) < 4.78 is 51.8. The van der Waals surface area contributed by atoms with Gasteiger partial charge in [0, 0.05) is 6.42 Å². The molecule has 0 aliphatic carbocycles. The van der Waals surface area contributed by atoms with E-state index in [1.54, 1.807) is 13.0 Å². The zero-order valence-corrected chi connectivity index (χ0v) is 11.6. The summed E-state index contributed by atoms with van der Waals surface area (Å²) in [5.74, 6) is -5.20. The number of rotatable bonds is 6. The molecule has 0 spiro atoms. The quantitative estimate of drug-likeness (QED) is 0.809. The summed E-state index contributed by atoms with van der Waals surface area (Å²) in [5.41, 5.74) is 0. The van der Waals surface area contributed by atoms with Crippen LogP contribution in [0.15, 0.2) is 35.2 Å². The van der Waals surface area contributed by atoms with E-state index in [-0.39, 0.29) is 17.7 Å². The summed E-state index contributed by atoms with van der Waals surface area (Å²) in [6.07, 6.45) is -0.0752. The van der Waals surface area contributed by atoms with Crippen molar-refractivity contribution in [1.82, 2.24) is 0 Å². The Bertz CT molecular complexity index is 538. The van der Waals surface area contributed by atoms with Gasteiger partial charge in [0.2, 0.25) is 5.78 Å². The molecular weight excluding hydrogens is 274 g/mol. The van der Waals surface area contributed by atoms with Crippen LogP contribution in [-0.4, -0.2) is 25.4 Å². The van der Waals surface area contributed by atoms with Crippen LogP contribution in [-0.2, 0) is 14.6 Å². The summed E-state index contributed by atoms with van der Waals surface area (Å²) in [6.45, 7) is 2.46. The summed E-state index contributed by atoms with van der Waals surface area (Å²) in [4.78, 5) is 11.2. The molecule has 6 heteroatoms. The third kappa shape index (κ3) is 3.18. The molecule has 19 heavy (non-hydrogen) atoms. The van der Waals surface area contributed by atoms with E-state index in [4.69, 9.17) is 0 Å². The van der Waals surface area contributed by atoms with E-state index in [9.17, 15) is 22.0 Å². The fourth-order valence-corrected chi connectivity index (χ4v) is 3.10. The molecular formula is C13H16F2O3S. The Morgan fingerprint density at radius 3 is 2.26 bits per heavy atom. The second-order valence-corrected chi connectivity index (χ2v) is 6.56. The summed E-state index contributed by atoms with van der Waals surface area (Å²) in [7, 11) is -4.23. The number of hydrogen-bond acceptors (Lipinski definition) is 3. The molecule has 1 aromatic carbocycles. The van der Waals surface area contributed by atoms with Gasteiger partial charge in [0.25, 0.3) is 0 Å². The first-order chi connectivity index (χ1) is 8.74. The first-order valence-corrected chi connectivity index (χ1v) is 7.49. The van der Waals surface area contributed by atoms with Crippen LogP contribution < -0.4 is 0 Å². The molecule has 0 aromatic heterocycles. The van der Waals surface area contributed by atoms with Gasteiger partial charge in [-0.3, -0.25) is 4.79 Å². The van der Waals surface area contributed by atoms with Gasteiger partial charge < -0.3 is 0 Å². The van der Waals surface area contributed by atoms with Gasteiger partial charge in [-0.1, -0.05) is 25.1 Å². The van der Waals surface area contributed by atoms with Gasteiger partial charge >= 0.3 is 5.92 Å². The Kier molecular flexibility index (Phi) is 4.79. The minimum atomic E-state index is -4.23. The monoisotopic (exact) mass is 290 g/mol. The van der Waals surface area contributed by atoms with Crippen molar-refractivity contribution in [2.45, 2.75) is 42.8 Å². The normalized spacial score (nSPS) is 14.1. The molecule has 1 rings (SSSR count). The van der Waals surface area contributed by atoms with Crippen LogP contribution in [0.5, 0.6) is 0 Å². The van der Waals surface area contributed by atoms with Gasteiger partial charge in [-0.2, -0.15) is 8.78 Å². The van der Waals surface area contributed by atoms with E-state index in [0.717, 1.165) is 6.92 Å². The number of hydrogen-bond donors (Lipinski definition) is 0. The van der Waals surface area contributed by atoms with E-state index in [2.05, 4.69) is 0 Å². The highest BCUT2D eigenvalue weighted by molar-refractivity contribution is 7.92. The summed E-state index contributed by atoms with van der Waals surface area (Å²) in [5, 5.41) is -2.07. The second-order valence-electron chi connectivity index (χ2n) is 4.30. The summed E-state index contributed by atoms with van der Waals surface area (Å²) >= 11 is 0. The predicted octanol–water partition coefficient (Wildman–Crippen LogP) is 2.85. The molecule has 1 aromatic rings. The minimum absolute atomic E-state index is 0.202. The SMILES string of the molecule is CCCC(=O)C(F)(F)C(C)S(=O)(=O)c1ccccc1. The standard InChI is InChI=1S/C13H16F2O3S/c1-3-7-12(16)13(14,15)10(2)19(17,18)11-8-5-4-6-9-11/h4-6,8-10H,3,7H2,1-2H3. The average Bonchev–Trinajstić information content (AvgIpc) is 2.39. The molecule has 3 nitrogen and oxygen atoms in total. The van der Waals surface area contributed by atoms with Gasteiger partial charge in [0.15, 0.2) is 9.84 Å². The Hall–Kier alpha value is -1.30. The number of Topliss-reactive ketones (excluding diaryl/α,β-unsaturated/α-hetero) is 1. The molecule has 106 valence electrons. The van der Waals surface area contributed by atoms with E-state index < -0.39 is 26.8 Å². The fourth-order valence-electron chi connectivity index (χ4n) is 1.63. The van der Waals surface area contributed by atoms with E-state index in [1.165, 1.54) is 24.3 Å². The zero-order chi connectivity index (χ0) is 14.7. The molecule has 0 saturated carbocycles. The molecule has 0 aliphatic rings. The first kappa shape index (κ1) is 15.8. The fraction of sp³-hybridized carbons (Fsp3) is 0.462. The average molecular weight is 290 g/mol. The van der Waals surface area contributed by atoms with Crippen LogP contribution in [0.4, 0.5) is 8.78 Å². The van der Waals surface area contributed by atoms with Crippen molar-refractivity contribution >= 4 is 15.6 Å². The van der Waals surface area contributed by atoms with Crippen LogP contribution in [0.2, 0.25) is 0 Å². The molecule has 1 unspecified atom stereocenters. The van der Waals surface area contributed by atoms with Gasteiger partial charge in [-0.15, -0.1) is 0 Å². The highest BCUT2D eigenvalue weighted by Crippen LogP contribution is 2.30. The van der Waals surface area contributed by atoms with E-state index >= 15 is 0 Å². The van der Waals surface area contributed by atoms with Gasteiger partial charge in [0.1, 0.15) is 5.25 Å². The van der Waals surface area contributed by atoms with E-state index in [1.807, 2.05) is 0 Å². The van der Waals surface area contributed by atoms with E-state index in [0.29, 0.717) is 0 Å². The van der Waals surface area contributed by atoms with Crippen LogP contribution in [0.25, 0.3) is 0 Å². The number of benzene rings is 1. The number of alkyl halides is 2. The van der Waals surface area contributed by atoms with Crippen LogP contribution in [0.3, 0.4) is 0 Å². The lowest BCUT2D eigenvalue weighted by atomic mass is 10.1. The molecule has 0 N–H and O–H groups in total. The number of carbonyl (C=O) groups excluding carboxylic acids is 1. The highest BCUT2D eigenvalue weighted by atomic mass is 32.2. The number of sulfone groups is 1. The van der Waals surface area contributed by atoms with Crippen molar-refractivity contribution in [2.24, 2.45) is 0 Å². The van der Waals surface area contributed by atoms with Crippen molar-refractivity contribution in [3.63, 3.8) is 0 Å². The lowest BCUT2D eigenvalue weighted by Crippen LogP contribution is -2.44. The largest absolute Gasteiger partial charge is 0.321 e. The van der Waals surface area contributed by atoms with Gasteiger partial charge in [0.05, 0.1) is 4.90 Å². The lowest BCUT2D eigenvalue weighted by molar-refractivity contribution is -0.142. The van der Waals surface area contributed by atoms with Crippen molar-refractivity contribution < 1.29 is 22.0 Å². The molecule has 0 heterocycles. The Morgan fingerprint density at radius 1 is 1.26 bits per heavy atom. The molecule has 0 saturated heterocycles. The number of ketones is 1. The highest BCUT2D eigenvalue weighted by Gasteiger charge is 2.50. The van der Waals surface area contributed by atoms with Crippen LogP contribution >= 0.6 is 0 Å². The zero-order valence-electron chi connectivity index (χ0n) is 10.8.